The lowest BCUT2D eigenvalue weighted by molar-refractivity contribution is -0.142. The lowest BCUT2D eigenvalue weighted by Gasteiger charge is -2.34. The molecule has 0 unspecified atom stereocenters. The van der Waals surface area contributed by atoms with Gasteiger partial charge < -0.3 is 15.0 Å². The molecular formula is C31H38N2O3. The molecule has 0 aliphatic rings. The van der Waals surface area contributed by atoms with Gasteiger partial charge in [0.1, 0.15) is 11.8 Å². The first-order valence-electron chi connectivity index (χ1n) is 12.6. The van der Waals surface area contributed by atoms with Crippen LogP contribution in [0.2, 0.25) is 0 Å². The fraction of sp³-hybridized carbons (Fsp3) is 0.355. The molecule has 1 atom stereocenters. The zero-order chi connectivity index (χ0) is 26.1. The number of methoxy groups -OCH3 is 1. The Kier molecular flexibility index (Phi) is 9.29. The Morgan fingerprint density at radius 3 is 1.83 bits per heavy atom. The molecule has 0 aliphatic heterocycles. The van der Waals surface area contributed by atoms with Gasteiger partial charge in [0.05, 0.1) is 7.11 Å². The standard InChI is InChI=1S/C31H38N2O3/c1-6-28(30(35)32-31(2,3)4)33(22-23-17-19-26(36-5)20-18-23)29(34)21-27(24-13-9-7-10-14-24)25-15-11-8-12-16-25/h7-20,27-28H,6,21-22H2,1-5H3,(H,32,35)/t28-/m0/s1. The minimum atomic E-state index is -0.578. The SMILES string of the molecule is CC[C@@H](C(=O)NC(C)(C)C)N(Cc1ccc(OC)cc1)C(=O)CC(c1ccccc1)c1ccccc1. The van der Waals surface area contributed by atoms with Crippen molar-refractivity contribution < 1.29 is 14.3 Å². The van der Waals surface area contributed by atoms with Crippen molar-refractivity contribution in [3.8, 4) is 5.75 Å². The second kappa shape index (κ2) is 12.4. The molecule has 0 aromatic heterocycles. The number of hydrogen-bond acceptors (Lipinski definition) is 3. The van der Waals surface area contributed by atoms with Gasteiger partial charge in [0.2, 0.25) is 11.8 Å². The van der Waals surface area contributed by atoms with E-state index in [0.717, 1.165) is 22.4 Å². The molecule has 0 heterocycles. The lowest BCUT2D eigenvalue weighted by Crippen LogP contribution is -2.53. The molecule has 0 spiro atoms. The molecule has 190 valence electrons. The minimum absolute atomic E-state index is 0.0561. The highest BCUT2D eigenvalue weighted by atomic mass is 16.5. The van der Waals surface area contributed by atoms with Crippen LogP contribution >= 0.6 is 0 Å². The monoisotopic (exact) mass is 486 g/mol. The van der Waals surface area contributed by atoms with Gasteiger partial charge in [0, 0.05) is 24.4 Å². The topological polar surface area (TPSA) is 58.6 Å². The first-order chi connectivity index (χ1) is 17.2. The molecule has 3 rings (SSSR count). The maximum atomic E-state index is 14.0. The average molecular weight is 487 g/mol. The van der Waals surface area contributed by atoms with E-state index in [-0.39, 0.29) is 24.2 Å². The van der Waals surface area contributed by atoms with Gasteiger partial charge in [0.25, 0.3) is 0 Å². The minimum Gasteiger partial charge on any atom is -0.497 e. The van der Waals surface area contributed by atoms with E-state index in [9.17, 15) is 9.59 Å². The summed E-state index contributed by atoms with van der Waals surface area (Å²) in [4.78, 5) is 29.1. The highest BCUT2D eigenvalue weighted by molar-refractivity contribution is 5.88. The fourth-order valence-electron chi connectivity index (χ4n) is 4.39. The molecule has 0 saturated heterocycles. The first kappa shape index (κ1) is 27.0. The number of nitrogens with zero attached hydrogens (tertiary/aromatic N) is 1. The molecule has 3 aromatic rings. The van der Waals surface area contributed by atoms with Crippen molar-refractivity contribution >= 4 is 11.8 Å². The summed E-state index contributed by atoms with van der Waals surface area (Å²) in [6.07, 6.45) is 0.786. The van der Waals surface area contributed by atoms with Gasteiger partial charge >= 0.3 is 0 Å². The predicted molar refractivity (Wildman–Crippen MR) is 145 cm³/mol. The molecule has 0 fully saturated rings. The van der Waals surface area contributed by atoms with E-state index in [1.807, 2.05) is 88.4 Å². The van der Waals surface area contributed by atoms with Crippen molar-refractivity contribution in [2.45, 2.75) is 64.6 Å². The van der Waals surface area contributed by atoms with Crippen molar-refractivity contribution in [2.24, 2.45) is 0 Å². The second-order valence-corrected chi connectivity index (χ2v) is 10.1. The maximum absolute atomic E-state index is 14.0. The summed E-state index contributed by atoms with van der Waals surface area (Å²) in [6, 6.07) is 27.2. The Morgan fingerprint density at radius 2 is 1.39 bits per heavy atom. The van der Waals surface area contributed by atoms with Crippen LogP contribution in [0.4, 0.5) is 0 Å². The van der Waals surface area contributed by atoms with E-state index in [1.165, 1.54) is 0 Å². The Balaban J connectivity index is 1.96. The van der Waals surface area contributed by atoms with Crippen molar-refractivity contribution in [3.05, 3.63) is 102 Å². The number of nitrogens with one attached hydrogen (secondary N) is 1. The molecule has 0 bridgehead atoms. The Hall–Kier alpha value is -3.60. The summed E-state index contributed by atoms with van der Waals surface area (Å²) in [7, 11) is 1.63. The van der Waals surface area contributed by atoms with Crippen LogP contribution in [0.1, 0.15) is 63.1 Å². The van der Waals surface area contributed by atoms with Crippen LogP contribution < -0.4 is 10.1 Å². The van der Waals surface area contributed by atoms with E-state index in [2.05, 4.69) is 29.6 Å². The normalized spacial score (nSPS) is 12.2. The summed E-state index contributed by atoms with van der Waals surface area (Å²) in [5.74, 6) is 0.450. The molecule has 0 aliphatic carbocycles. The van der Waals surface area contributed by atoms with Gasteiger partial charge in [-0.3, -0.25) is 9.59 Å². The van der Waals surface area contributed by atoms with Crippen LogP contribution in [-0.4, -0.2) is 35.4 Å². The number of rotatable bonds is 10. The first-order valence-corrected chi connectivity index (χ1v) is 12.6. The van der Waals surface area contributed by atoms with E-state index >= 15 is 0 Å². The van der Waals surface area contributed by atoms with Crippen molar-refractivity contribution in [1.29, 1.82) is 0 Å². The average Bonchev–Trinajstić information content (AvgIpc) is 2.87. The highest BCUT2D eigenvalue weighted by Crippen LogP contribution is 2.30. The lowest BCUT2D eigenvalue weighted by atomic mass is 9.88. The van der Waals surface area contributed by atoms with Crippen LogP contribution in [0.3, 0.4) is 0 Å². The number of hydrogen-bond donors (Lipinski definition) is 1. The zero-order valence-corrected chi connectivity index (χ0v) is 22.0. The molecule has 36 heavy (non-hydrogen) atoms. The van der Waals surface area contributed by atoms with E-state index in [0.29, 0.717) is 13.0 Å². The van der Waals surface area contributed by atoms with Crippen molar-refractivity contribution in [2.75, 3.05) is 7.11 Å². The van der Waals surface area contributed by atoms with E-state index in [1.54, 1.807) is 12.0 Å². The second-order valence-electron chi connectivity index (χ2n) is 10.1. The summed E-state index contributed by atoms with van der Waals surface area (Å²) in [5.41, 5.74) is 2.71. The number of amides is 2. The Bertz CT molecular complexity index is 1070. The summed E-state index contributed by atoms with van der Waals surface area (Å²) in [6.45, 7) is 8.15. The molecule has 2 amide bonds. The quantitative estimate of drug-likeness (QED) is 0.386. The van der Waals surface area contributed by atoms with Crippen LogP contribution in [0.15, 0.2) is 84.9 Å². The third kappa shape index (κ3) is 7.45. The third-order valence-corrected chi connectivity index (χ3v) is 6.18. The van der Waals surface area contributed by atoms with E-state index < -0.39 is 11.6 Å². The Labute approximate surface area is 215 Å². The van der Waals surface area contributed by atoms with Crippen molar-refractivity contribution in [1.82, 2.24) is 10.2 Å². The summed E-state index contributed by atoms with van der Waals surface area (Å²) in [5, 5.41) is 3.07. The van der Waals surface area contributed by atoms with Gasteiger partial charge in [-0.05, 0) is 56.0 Å². The Morgan fingerprint density at radius 1 is 0.861 bits per heavy atom. The van der Waals surface area contributed by atoms with Crippen LogP contribution in [0.5, 0.6) is 5.75 Å². The summed E-state index contributed by atoms with van der Waals surface area (Å²) >= 11 is 0. The molecule has 0 radical (unpaired) electrons. The van der Waals surface area contributed by atoms with Crippen molar-refractivity contribution in [3.63, 3.8) is 0 Å². The number of ether oxygens (including phenoxy) is 1. The molecular weight excluding hydrogens is 448 g/mol. The molecule has 3 aromatic carbocycles. The third-order valence-electron chi connectivity index (χ3n) is 6.18. The summed E-state index contributed by atoms with van der Waals surface area (Å²) < 4.78 is 5.29. The molecule has 5 heteroatoms. The highest BCUT2D eigenvalue weighted by Gasteiger charge is 2.32. The number of benzene rings is 3. The van der Waals surface area contributed by atoms with Crippen LogP contribution in [-0.2, 0) is 16.1 Å². The number of carbonyl (C=O) groups is 2. The van der Waals surface area contributed by atoms with Crippen LogP contribution in [0.25, 0.3) is 0 Å². The number of carbonyl (C=O) groups excluding carboxylic acids is 2. The van der Waals surface area contributed by atoms with Gasteiger partial charge in [0.15, 0.2) is 0 Å². The largest absolute Gasteiger partial charge is 0.497 e. The van der Waals surface area contributed by atoms with Crippen LogP contribution in [0, 0.1) is 0 Å². The molecule has 5 nitrogen and oxygen atoms in total. The zero-order valence-electron chi connectivity index (χ0n) is 22.0. The fourth-order valence-corrected chi connectivity index (χ4v) is 4.39. The van der Waals surface area contributed by atoms with E-state index in [4.69, 9.17) is 4.74 Å². The maximum Gasteiger partial charge on any atom is 0.243 e. The van der Waals surface area contributed by atoms with Gasteiger partial charge in [-0.25, -0.2) is 0 Å². The van der Waals surface area contributed by atoms with Gasteiger partial charge in [-0.1, -0.05) is 79.7 Å². The molecule has 0 saturated carbocycles. The smallest absolute Gasteiger partial charge is 0.243 e. The van der Waals surface area contributed by atoms with Gasteiger partial charge in [-0.2, -0.15) is 0 Å². The predicted octanol–water partition coefficient (Wildman–Crippen LogP) is 5.94. The van der Waals surface area contributed by atoms with Gasteiger partial charge in [-0.15, -0.1) is 0 Å². The molecule has 1 N–H and O–H groups in total.